The van der Waals surface area contributed by atoms with Crippen LogP contribution in [0.3, 0.4) is 0 Å². The first-order valence-corrected chi connectivity index (χ1v) is 8.73. The van der Waals surface area contributed by atoms with E-state index in [4.69, 9.17) is 0 Å². The summed E-state index contributed by atoms with van der Waals surface area (Å²) >= 11 is 0. The van der Waals surface area contributed by atoms with Gasteiger partial charge < -0.3 is 15.2 Å². The highest BCUT2D eigenvalue weighted by atomic mass is 16.2. The lowest BCUT2D eigenvalue weighted by Gasteiger charge is -2.20. The minimum atomic E-state index is 0.0842. The maximum Gasteiger partial charge on any atom is 0.317 e. The molecule has 4 nitrogen and oxygen atoms in total. The molecule has 2 atom stereocenters. The van der Waals surface area contributed by atoms with E-state index in [9.17, 15) is 4.79 Å². The van der Waals surface area contributed by atoms with Crippen LogP contribution in [0.2, 0.25) is 0 Å². The van der Waals surface area contributed by atoms with E-state index in [1.54, 1.807) is 0 Å². The third-order valence-corrected chi connectivity index (χ3v) is 5.80. The van der Waals surface area contributed by atoms with Gasteiger partial charge in [0.05, 0.1) is 0 Å². The van der Waals surface area contributed by atoms with Crippen molar-refractivity contribution in [2.45, 2.75) is 38.6 Å². The number of benzene rings is 1. The second-order valence-electron chi connectivity index (χ2n) is 7.15. The molecule has 0 spiro atoms. The van der Waals surface area contributed by atoms with E-state index < -0.39 is 0 Å². The number of hydrogen-bond acceptors (Lipinski definition) is 1. The molecule has 2 fully saturated rings. The Labute approximate surface area is 137 Å². The smallest absolute Gasteiger partial charge is 0.317 e. The number of nitrogens with zero attached hydrogens (tertiary/aromatic N) is 1. The van der Waals surface area contributed by atoms with Crippen LogP contribution in [0.25, 0.3) is 10.9 Å². The molecule has 2 aliphatic carbocycles. The van der Waals surface area contributed by atoms with Gasteiger partial charge in [-0.25, -0.2) is 4.79 Å². The van der Waals surface area contributed by atoms with Gasteiger partial charge in [0.2, 0.25) is 0 Å². The Hall–Kier alpha value is -1.97. The topological polar surface area (TPSA) is 48.1 Å². The molecule has 4 rings (SSSR count). The molecular weight excluding hydrogens is 286 g/mol. The Balaban J connectivity index is 1.33. The first kappa shape index (κ1) is 14.6. The SMILES string of the molecule is Cc1cccc2[nH]cc(CCNC(=O)N(C)C3C4CCCC43)c12. The molecule has 122 valence electrons. The number of aromatic nitrogens is 1. The van der Waals surface area contributed by atoms with Crippen LogP contribution >= 0.6 is 0 Å². The van der Waals surface area contributed by atoms with Crippen LogP contribution in [0.5, 0.6) is 0 Å². The van der Waals surface area contributed by atoms with Crippen LogP contribution in [0.15, 0.2) is 24.4 Å². The van der Waals surface area contributed by atoms with Gasteiger partial charge in [-0.15, -0.1) is 0 Å². The zero-order valence-corrected chi connectivity index (χ0v) is 13.9. The molecule has 2 unspecified atom stereocenters. The standard InChI is InChI=1S/C19H25N3O/c1-12-5-3-8-16-17(12)13(11-21-16)9-10-20-19(23)22(2)18-14-6-4-7-15(14)18/h3,5,8,11,14-15,18,21H,4,6-7,9-10H2,1-2H3,(H,20,23). The van der Waals surface area contributed by atoms with Crippen molar-refractivity contribution in [2.75, 3.05) is 13.6 Å². The van der Waals surface area contributed by atoms with E-state index in [2.05, 4.69) is 41.6 Å². The van der Waals surface area contributed by atoms with Gasteiger partial charge >= 0.3 is 6.03 Å². The zero-order valence-electron chi connectivity index (χ0n) is 13.9. The van der Waals surface area contributed by atoms with Crippen LogP contribution < -0.4 is 5.32 Å². The van der Waals surface area contributed by atoms with Crippen molar-refractivity contribution in [1.82, 2.24) is 15.2 Å². The number of carbonyl (C=O) groups excluding carboxylic acids is 1. The molecule has 1 aromatic carbocycles. The maximum atomic E-state index is 12.3. The lowest BCUT2D eigenvalue weighted by atomic mass is 10.1. The maximum absolute atomic E-state index is 12.3. The third kappa shape index (κ3) is 2.50. The highest BCUT2D eigenvalue weighted by Gasteiger charge is 2.55. The molecule has 2 aliphatic rings. The van der Waals surface area contributed by atoms with E-state index >= 15 is 0 Å². The van der Waals surface area contributed by atoms with Gasteiger partial charge in [0.1, 0.15) is 0 Å². The molecule has 2 amide bonds. The normalized spacial score (nSPS) is 25.4. The average Bonchev–Trinajstić information content (AvgIpc) is 2.91. The van der Waals surface area contributed by atoms with Crippen LogP contribution in [0.4, 0.5) is 4.79 Å². The van der Waals surface area contributed by atoms with Gasteiger partial charge in [-0.2, -0.15) is 0 Å². The number of urea groups is 1. The number of H-pyrrole nitrogens is 1. The molecule has 2 aromatic rings. The van der Waals surface area contributed by atoms with Crippen molar-refractivity contribution >= 4 is 16.9 Å². The monoisotopic (exact) mass is 311 g/mol. The summed E-state index contributed by atoms with van der Waals surface area (Å²) in [5, 5.41) is 4.39. The minimum absolute atomic E-state index is 0.0842. The Morgan fingerprint density at radius 1 is 1.35 bits per heavy atom. The average molecular weight is 311 g/mol. The van der Waals surface area contributed by atoms with Gasteiger partial charge in [0.25, 0.3) is 0 Å². The van der Waals surface area contributed by atoms with E-state index in [-0.39, 0.29) is 6.03 Å². The molecule has 2 saturated carbocycles. The Bertz CT molecular complexity index is 725. The van der Waals surface area contributed by atoms with Crippen molar-refractivity contribution in [1.29, 1.82) is 0 Å². The van der Waals surface area contributed by atoms with Crippen molar-refractivity contribution in [3.63, 3.8) is 0 Å². The predicted octanol–water partition coefficient (Wildman–Crippen LogP) is 3.46. The summed E-state index contributed by atoms with van der Waals surface area (Å²) in [6, 6.07) is 6.89. The summed E-state index contributed by atoms with van der Waals surface area (Å²) < 4.78 is 0. The molecule has 4 heteroatoms. The molecule has 23 heavy (non-hydrogen) atoms. The third-order valence-electron chi connectivity index (χ3n) is 5.80. The number of carbonyl (C=O) groups is 1. The number of nitrogens with one attached hydrogen (secondary N) is 2. The molecule has 0 radical (unpaired) electrons. The molecule has 1 aromatic heterocycles. The Kier molecular flexibility index (Phi) is 3.55. The predicted molar refractivity (Wildman–Crippen MR) is 92.5 cm³/mol. The second kappa shape index (κ2) is 5.59. The van der Waals surface area contributed by atoms with Gasteiger partial charge in [-0.05, 0) is 55.2 Å². The Morgan fingerprint density at radius 3 is 2.91 bits per heavy atom. The summed E-state index contributed by atoms with van der Waals surface area (Å²) in [7, 11) is 1.95. The minimum Gasteiger partial charge on any atom is -0.361 e. The number of aryl methyl sites for hydroxylation is 1. The highest BCUT2D eigenvalue weighted by molar-refractivity contribution is 5.86. The first-order chi connectivity index (χ1) is 11.2. The second-order valence-corrected chi connectivity index (χ2v) is 7.15. The summed E-state index contributed by atoms with van der Waals surface area (Å²) in [6.45, 7) is 2.82. The summed E-state index contributed by atoms with van der Waals surface area (Å²) in [5.41, 5.74) is 3.74. The molecule has 0 aliphatic heterocycles. The van der Waals surface area contributed by atoms with Crippen molar-refractivity contribution < 1.29 is 4.79 Å². The van der Waals surface area contributed by atoms with E-state index in [0.29, 0.717) is 12.6 Å². The lowest BCUT2D eigenvalue weighted by molar-refractivity contribution is 0.201. The van der Waals surface area contributed by atoms with Crippen molar-refractivity contribution in [3.05, 3.63) is 35.5 Å². The van der Waals surface area contributed by atoms with Crippen LogP contribution in [-0.2, 0) is 6.42 Å². The highest BCUT2D eigenvalue weighted by Crippen LogP contribution is 2.54. The van der Waals surface area contributed by atoms with E-state index in [1.807, 2.05) is 11.9 Å². The van der Waals surface area contributed by atoms with Gasteiger partial charge in [-0.3, -0.25) is 0 Å². The number of hydrogen-bond donors (Lipinski definition) is 2. The number of aromatic amines is 1. The molecule has 2 N–H and O–H groups in total. The summed E-state index contributed by atoms with van der Waals surface area (Å²) in [6.07, 6.45) is 6.89. The number of amides is 2. The quantitative estimate of drug-likeness (QED) is 0.892. The van der Waals surface area contributed by atoms with Gasteiger partial charge in [-0.1, -0.05) is 18.6 Å². The summed E-state index contributed by atoms with van der Waals surface area (Å²) in [5.74, 6) is 1.56. The molecule has 0 bridgehead atoms. The van der Waals surface area contributed by atoms with Crippen LogP contribution in [0, 0.1) is 18.8 Å². The fourth-order valence-corrected chi connectivity index (χ4v) is 4.57. The number of fused-ring (bicyclic) bond motifs is 2. The van der Waals surface area contributed by atoms with Crippen molar-refractivity contribution in [3.8, 4) is 0 Å². The summed E-state index contributed by atoms with van der Waals surface area (Å²) in [4.78, 5) is 17.6. The largest absolute Gasteiger partial charge is 0.361 e. The van der Waals surface area contributed by atoms with Gasteiger partial charge in [0.15, 0.2) is 0 Å². The fraction of sp³-hybridized carbons (Fsp3) is 0.526. The van der Waals surface area contributed by atoms with Gasteiger partial charge in [0, 0.05) is 36.7 Å². The van der Waals surface area contributed by atoms with E-state index in [0.717, 1.165) is 18.3 Å². The molecule has 1 heterocycles. The number of rotatable bonds is 4. The fourth-order valence-electron chi connectivity index (χ4n) is 4.57. The van der Waals surface area contributed by atoms with Crippen molar-refractivity contribution in [2.24, 2.45) is 11.8 Å². The first-order valence-electron chi connectivity index (χ1n) is 8.73. The Morgan fingerprint density at radius 2 is 2.13 bits per heavy atom. The lowest BCUT2D eigenvalue weighted by Crippen LogP contribution is -2.40. The van der Waals surface area contributed by atoms with Crippen LogP contribution in [0.1, 0.15) is 30.4 Å². The molecular formula is C19H25N3O. The molecule has 0 saturated heterocycles. The van der Waals surface area contributed by atoms with Crippen LogP contribution in [-0.4, -0.2) is 35.5 Å². The zero-order chi connectivity index (χ0) is 16.0. The van der Waals surface area contributed by atoms with E-state index in [1.165, 1.54) is 41.3 Å².